The standard InChI is InChI=1S/C32H34N2O4/c1-4-34(31(37)21-7-8-21)20-25-17-22(23-10-12-28-24(16-23)6-5-15-33-28)9-11-26(25)27-18-32(2,19-30(35)36)14-13-29(27)38-3/h5-6,9-13,15-18,21H,4,7-8,14,19-20H2,1-3H3,(H,35,36). The molecule has 0 aliphatic heterocycles. The Kier molecular flexibility index (Phi) is 7.06. The summed E-state index contributed by atoms with van der Waals surface area (Å²) in [5, 5.41) is 10.6. The lowest BCUT2D eigenvalue weighted by Crippen LogP contribution is -2.32. The summed E-state index contributed by atoms with van der Waals surface area (Å²) in [5.74, 6) is 0.245. The van der Waals surface area contributed by atoms with Crippen LogP contribution in [0.3, 0.4) is 0 Å². The van der Waals surface area contributed by atoms with Crippen LogP contribution in [0.15, 0.2) is 72.6 Å². The van der Waals surface area contributed by atoms with Crippen molar-refractivity contribution in [2.45, 2.75) is 46.1 Å². The maximum Gasteiger partial charge on any atom is 0.304 e. The van der Waals surface area contributed by atoms with Crippen LogP contribution in [-0.4, -0.2) is 40.5 Å². The molecular formula is C32H34N2O4. The average Bonchev–Trinajstić information content (AvgIpc) is 3.76. The molecule has 1 amide bonds. The molecule has 0 spiro atoms. The zero-order valence-corrected chi connectivity index (χ0v) is 22.2. The highest BCUT2D eigenvalue weighted by atomic mass is 16.5. The lowest BCUT2D eigenvalue weighted by atomic mass is 9.76. The number of ether oxygens (including phenoxy) is 1. The minimum atomic E-state index is -0.828. The van der Waals surface area contributed by atoms with E-state index < -0.39 is 11.4 Å². The first kappa shape index (κ1) is 25.7. The van der Waals surface area contributed by atoms with Gasteiger partial charge in [-0.05, 0) is 78.8 Å². The largest absolute Gasteiger partial charge is 0.496 e. The summed E-state index contributed by atoms with van der Waals surface area (Å²) < 4.78 is 5.76. The second-order valence-electron chi connectivity index (χ2n) is 10.7. The zero-order valence-electron chi connectivity index (χ0n) is 22.2. The van der Waals surface area contributed by atoms with E-state index in [-0.39, 0.29) is 18.2 Å². The molecule has 1 heterocycles. The van der Waals surface area contributed by atoms with Crippen LogP contribution in [-0.2, 0) is 20.9 Å². The number of allylic oxidation sites excluding steroid dienone is 3. The SMILES string of the molecule is CCN(Cc1cc(-c2ccc3ncccc3c2)ccc1C1=CC(C)(CC(=O)O)CC=C1OC)C(=O)C1CC1. The third-order valence-electron chi connectivity index (χ3n) is 7.60. The Morgan fingerprint density at radius 3 is 2.61 bits per heavy atom. The van der Waals surface area contributed by atoms with Gasteiger partial charge in [-0.15, -0.1) is 0 Å². The van der Waals surface area contributed by atoms with Crippen molar-refractivity contribution in [2.24, 2.45) is 11.3 Å². The van der Waals surface area contributed by atoms with E-state index in [2.05, 4.69) is 41.4 Å². The number of benzene rings is 2. The summed E-state index contributed by atoms with van der Waals surface area (Å²) in [6, 6.07) is 16.6. The van der Waals surface area contributed by atoms with Crippen LogP contribution >= 0.6 is 0 Å². The number of carboxylic acids is 1. The predicted molar refractivity (Wildman–Crippen MR) is 149 cm³/mol. The van der Waals surface area contributed by atoms with E-state index in [1.165, 1.54) is 0 Å². The number of pyridine rings is 1. The molecule has 5 rings (SSSR count). The van der Waals surface area contributed by atoms with Crippen molar-refractivity contribution in [1.29, 1.82) is 0 Å². The number of carbonyl (C=O) groups is 2. The Bertz CT molecular complexity index is 1450. The number of methoxy groups -OCH3 is 1. The maximum absolute atomic E-state index is 13.1. The van der Waals surface area contributed by atoms with Gasteiger partial charge in [0.1, 0.15) is 5.76 Å². The summed E-state index contributed by atoms with van der Waals surface area (Å²) in [6.07, 6.45) is 8.36. The lowest BCUT2D eigenvalue weighted by Gasteiger charge is -2.31. The first-order valence-corrected chi connectivity index (χ1v) is 13.3. The fourth-order valence-corrected chi connectivity index (χ4v) is 5.35. The molecule has 1 atom stereocenters. The number of hydrogen-bond acceptors (Lipinski definition) is 4. The van der Waals surface area contributed by atoms with Gasteiger partial charge < -0.3 is 14.7 Å². The van der Waals surface area contributed by atoms with Crippen LogP contribution in [0.4, 0.5) is 0 Å². The minimum absolute atomic E-state index is 0.0315. The number of aliphatic carboxylic acids is 1. The quantitative estimate of drug-likeness (QED) is 0.357. The smallest absolute Gasteiger partial charge is 0.304 e. The van der Waals surface area contributed by atoms with Crippen molar-refractivity contribution in [2.75, 3.05) is 13.7 Å². The molecule has 2 aliphatic carbocycles. The highest BCUT2D eigenvalue weighted by molar-refractivity contribution is 5.87. The van der Waals surface area contributed by atoms with Gasteiger partial charge in [-0.25, -0.2) is 0 Å². The second-order valence-corrected chi connectivity index (χ2v) is 10.7. The number of aromatic nitrogens is 1. The Morgan fingerprint density at radius 2 is 1.89 bits per heavy atom. The van der Waals surface area contributed by atoms with Crippen molar-refractivity contribution in [1.82, 2.24) is 9.88 Å². The van der Waals surface area contributed by atoms with E-state index >= 15 is 0 Å². The van der Waals surface area contributed by atoms with Crippen molar-refractivity contribution in [3.05, 3.63) is 83.8 Å². The van der Waals surface area contributed by atoms with E-state index in [4.69, 9.17) is 4.74 Å². The predicted octanol–water partition coefficient (Wildman–Crippen LogP) is 6.46. The summed E-state index contributed by atoms with van der Waals surface area (Å²) >= 11 is 0. The van der Waals surface area contributed by atoms with Crippen LogP contribution in [0.5, 0.6) is 0 Å². The number of amides is 1. The third-order valence-corrected chi connectivity index (χ3v) is 7.60. The van der Waals surface area contributed by atoms with Crippen molar-refractivity contribution in [3.63, 3.8) is 0 Å². The second kappa shape index (κ2) is 10.4. The molecule has 1 saturated carbocycles. The Labute approximate surface area is 223 Å². The number of fused-ring (bicyclic) bond motifs is 1. The molecule has 6 heteroatoms. The number of rotatable bonds is 9. The highest BCUT2D eigenvalue weighted by Gasteiger charge is 2.34. The molecule has 1 unspecified atom stereocenters. The van der Waals surface area contributed by atoms with Gasteiger partial charge in [0.05, 0.1) is 19.0 Å². The van der Waals surface area contributed by atoms with Gasteiger partial charge in [0.25, 0.3) is 0 Å². The summed E-state index contributed by atoms with van der Waals surface area (Å²) in [6.45, 7) is 5.10. The van der Waals surface area contributed by atoms with Crippen LogP contribution in [0.1, 0.15) is 50.7 Å². The number of carbonyl (C=O) groups excluding carboxylic acids is 1. The summed E-state index contributed by atoms with van der Waals surface area (Å²) in [7, 11) is 1.64. The van der Waals surface area contributed by atoms with Crippen molar-refractivity contribution in [3.8, 4) is 11.1 Å². The Balaban J connectivity index is 1.61. The van der Waals surface area contributed by atoms with E-state index in [9.17, 15) is 14.7 Å². The third kappa shape index (κ3) is 5.35. The number of nitrogens with zero attached hydrogens (tertiary/aromatic N) is 2. The first-order valence-electron chi connectivity index (χ1n) is 13.3. The van der Waals surface area contributed by atoms with Crippen LogP contribution in [0.2, 0.25) is 0 Å². The van der Waals surface area contributed by atoms with Gasteiger partial charge in [0.15, 0.2) is 0 Å². The fourth-order valence-electron chi connectivity index (χ4n) is 5.35. The van der Waals surface area contributed by atoms with Gasteiger partial charge in [-0.2, -0.15) is 0 Å². The molecule has 1 N–H and O–H groups in total. The topological polar surface area (TPSA) is 79.7 Å². The van der Waals surface area contributed by atoms with Gasteiger partial charge in [0, 0.05) is 41.6 Å². The monoisotopic (exact) mass is 510 g/mol. The van der Waals surface area contributed by atoms with Gasteiger partial charge in [-0.1, -0.05) is 37.3 Å². The molecular weight excluding hydrogens is 476 g/mol. The minimum Gasteiger partial charge on any atom is -0.496 e. The average molecular weight is 511 g/mol. The normalized spacial score (nSPS) is 19.0. The highest BCUT2D eigenvalue weighted by Crippen LogP contribution is 2.42. The first-order chi connectivity index (χ1) is 18.3. The molecule has 2 aliphatic rings. The van der Waals surface area contributed by atoms with E-state index in [0.29, 0.717) is 19.5 Å². The summed E-state index contributed by atoms with van der Waals surface area (Å²) in [4.78, 5) is 31.1. The molecule has 1 aromatic heterocycles. The van der Waals surface area contributed by atoms with E-state index in [1.807, 2.05) is 43.0 Å². The number of hydrogen-bond donors (Lipinski definition) is 1. The molecule has 0 radical (unpaired) electrons. The fraction of sp³-hybridized carbons (Fsp3) is 0.344. The van der Waals surface area contributed by atoms with Gasteiger partial charge in [-0.3, -0.25) is 14.6 Å². The van der Waals surface area contributed by atoms with E-state index in [1.54, 1.807) is 13.3 Å². The molecule has 1 fully saturated rings. The van der Waals surface area contributed by atoms with Crippen LogP contribution < -0.4 is 0 Å². The molecule has 6 nitrogen and oxygen atoms in total. The van der Waals surface area contributed by atoms with Crippen molar-refractivity contribution < 1.29 is 19.4 Å². The molecule has 2 aromatic carbocycles. The van der Waals surface area contributed by atoms with E-state index in [0.717, 1.165) is 57.3 Å². The zero-order chi connectivity index (χ0) is 26.9. The molecule has 3 aromatic rings. The Hall–Kier alpha value is -3.93. The summed E-state index contributed by atoms with van der Waals surface area (Å²) in [5.41, 5.74) is 5.39. The van der Waals surface area contributed by atoms with Crippen LogP contribution in [0, 0.1) is 11.3 Å². The molecule has 0 bridgehead atoms. The lowest BCUT2D eigenvalue weighted by molar-refractivity contribution is -0.139. The maximum atomic E-state index is 13.1. The number of carboxylic acid groups (broad SMARTS) is 1. The molecule has 0 saturated heterocycles. The van der Waals surface area contributed by atoms with Gasteiger partial charge in [0.2, 0.25) is 5.91 Å². The molecule has 196 valence electrons. The van der Waals surface area contributed by atoms with Crippen molar-refractivity contribution >= 4 is 28.4 Å². The molecule has 38 heavy (non-hydrogen) atoms. The Morgan fingerprint density at radius 1 is 1.13 bits per heavy atom. The van der Waals surface area contributed by atoms with Crippen LogP contribution in [0.25, 0.3) is 27.6 Å². The van der Waals surface area contributed by atoms with Gasteiger partial charge >= 0.3 is 5.97 Å².